The van der Waals surface area contributed by atoms with E-state index in [1.54, 1.807) is 6.92 Å². The van der Waals surface area contributed by atoms with Gasteiger partial charge in [0.05, 0.1) is 0 Å². The van der Waals surface area contributed by atoms with Crippen LogP contribution in [-0.2, 0) is 4.79 Å². The van der Waals surface area contributed by atoms with Gasteiger partial charge in [-0.2, -0.15) is 5.10 Å². The van der Waals surface area contributed by atoms with Crippen molar-refractivity contribution in [3.63, 3.8) is 0 Å². The van der Waals surface area contributed by atoms with Gasteiger partial charge >= 0.3 is 0 Å². The molecule has 6 heteroatoms. The fourth-order valence-corrected chi connectivity index (χ4v) is 0.738. The number of H-pyrrole nitrogens is 1. The maximum atomic E-state index is 10.2. The van der Waals surface area contributed by atoms with Gasteiger partial charge in [0.1, 0.15) is 24.5 Å². The molecule has 0 bridgehead atoms. The van der Waals surface area contributed by atoms with E-state index in [-0.39, 0.29) is 5.91 Å². The number of hydrogen-bond acceptors (Lipinski definition) is 4. The summed E-state index contributed by atoms with van der Waals surface area (Å²) in [6.45, 7) is 3.93. The number of amides is 1. The van der Waals surface area contributed by atoms with Crippen LogP contribution < -0.4 is 5.32 Å². The van der Waals surface area contributed by atoms with E-state index in [0.29, 0.717) is 6.54 Å². The van der Waals surface area contributed by atoms with Gasteiger partial charge in [0, 0.05) is 0 Å². The molecule has 0 unspecified atom stereocenters. The van der Waals surface area contributed by atoms with Crippen LogP contribution in [0.5, 0.6) is 0 Å². The number of hydrogen-bond donors (Lipinski definition) is 2. The molecule has 6 nitrogen and oxygen atoms in total. The Morgan fingerprint density at radius 3 is 2.38 bits per heavy atom. The number of nitrogens with zero attached hydrogens (tertiary/aromatic N) is 3. The summed E-state index contributed by atoms with van der Waals surface area (Å²) >= 11 is 0. The second-order valence-electron chi connectivity index (χ2n) is 2.52. The molecule has 0 saturated heterocycles. The molecule has 1 aromatic rings. The first kappa shape index (κ1) is 9.37. The number of carbonyl (C=O) groups excluding carboxylic acids is 1. The lowest BCUT2D eigenvalue weighted by Gasteiger charge is -1.84. The van der Waals surface area contributed by atoms with Gasteiger partial charge in [-0.15, -0.1) is 0 Å². The van der Waals surface area contributed by atoms with Gasteiger partial charge in [0.25, 0.3) is 0 Å². The molecule has 0 saturated carbocycles. The molecule has 13 heavy (non-hydrogen) atoms. The minimum Gasteiger partial charge on any atom is -0.313 e. The lowest BCUT2D eigenvalue weighted by atomic mass is 10.6. The number of nitrogens with one attached hydrogen (secondary N) is 2. The SMILES string of the molecule is CC1=NCC(=O)N1.Cc1ncn[nH]1. The first-order valence-electron chi connectivity index (χ1n) is 3.81. The van der Waals surface area contributed by atoms with Gasteiger partial charge in [0.2, 0.25) is 5.91 Å². The average molecular weight is 181 g/mol. The van der Waals surface area contributed by atoms with E-state index in [4.69, 9.17) is 0 Å². The Morgan fingerprint density at radius 2 is 2.23 bits per heavy atom. The van der Waals surface area contributed by atoms with Crippen molar-refractivity contribution in [3.05, 3.63) is 12.2 Å². The number of aromatic amines is 1. The third-order valence-electron chi connectivity index (χ3n) is 1.32. The van der Waals surface area contributed by atoms with Crippen molar-refractivity contribution in [1.82, 2.24) is 20.5 Å². The topological polar surface area (TPSA) is 83.0 Å². The first-order valence-corrected chi connectivity index (χ1v) is 3.81. The van der Waals surface area contributed by atoms with Crippen molar-refractivity contribution in [2.45, 2.75) is 13.8 Å². The van der Waals surface area contributed by atoms with Crippen LogP contribution >= 0.6 is 0 Å². The molecule has 0 aromatic carbocycles. The van der Waals surface area contributed by atoms with Crippen molar-refractivity contribution >= 4 is 11.7 Å². The lowest BCUT2D eigenvalue weighted by Crippen LogP contribution is -2.21. The molecule has 0 radical (unpaired) electrons. The van der Waals surface area contributed by atoms with E-state index in [9.17, 15) is 4.79 Å². The Kier molecular flexibility index (Phi) is 3.13. The van der Waals surface area contributed by atoms with Crippen molar-refractivity contribution in [1.29, 1.82) is 0 Å². The second kappa shape index (κ2) is 4.34. The third kappa shape index (κ3) is 3.46. The van der Waals surface area contributed by atoms with E-state index in [0.717, 1.165) is 11.7 Å². The minimum atomic E-state index is -0.00231. The molecule has 0 spiro atoms. The van der Waals surface area contributed by atoms with Gasteiger partial charge in [-0.3, -0.25) is 14.9 Å². The van der Waals surface area contributed by atoms with Crippen LogP contribution in [0.3, 0.4) is 0 Å². The van der Waals surface area contributed by atoms with Crippen LogP contribution in [-0.4, -0.2) is 33.5 Å². The van der Waals surface area contributed by atoms with Gasteiger partial charge in [-0.05, 0) is 13.8 Å². The standard InChI is InChI=1S/C4H6N2O.C3H5N3/c1-3-5-2-4(7)6-3;1-3-4-2-5-6-3/h2H2,1H3,(H,5,6,7);2H,1H3,(H,4,5,6). The highest BCUT2D eigenvalue weighted by atomic mass is 16.2. The zero-order valence-corrected chi connectivity index (χ0v) is 7.53. The Bertz CT molecular complexity index is 303. The van der Waals surface area contributed by atoms with Crippen LogP contribution in [0.4, 0.5) is 0 Å². The van der Waals surface area contributed by atoms with Crippen LogP contribution in [0.2, 0.25) is 0 Å². The normalized spacial score (nSPS) is 14.3. The molecule has 1 aliphatic heterocycles. The summed E-state index contributed by atoms with van der Waals surface area (Å²) in [5.41, 5.74) is 0. The largest absolute Gasteiger partial charge is 0.313 e. The maximum Gasteiger partial charge on any atom is 0.246 e. The van der Waals surface area contributed by atoms with E-state index < -0.39 is 0 Å². The zero-order valence-electron chi connectivity index (χ0n) is 7.53. The first-order chi connectivity index (χ1) is 6.18. The molecule has 0 atom stereocenters. The van der Waals surface area contributed by atoms with Crippen LogP contribution in [0.25, 0.3) is 0 Å². The number of aryl methyl sites for hydroxylation is 1. The molecular formula is C7H11N5O. The van der Waals surface area contributed by atoms with E-state index >= 15 is 0 Å². The van der Waals surface area contributed by atoms with Crippen LogP contribution in [0.15, 0.2) is 11.3 Å². The van der Waals surface area contributed by atoms with Crippen molar-refractivity contribution in [2.24, 2.45) is 4.99 Å². The average Bonchev–Trinajstić information content (AvgIpc) is 2.64. The molecule has 1 amide bonds. The maximum absolute atomic E-state index is 10.2. The summed E-state index contributed by atoms with van der Waals surface area (Å²) in [6, 6.07) is 0. The Morgan fingerprint density at radius 1 is 1.46 bits per heavy atom. The summed E-state index contributed by atoms with van der Waals surface area (Å²) in [6.07, 6.45) is 1.48. The number of amidine groups is 1. The van der Waals surface area contributed by atoms with E-state index in [2.05, 4.69) is 25.5 Å². The summed E-state index contributed by atoms with van der Waals surface area (Å²) < 4.78 is 0. The van der Waals surface area contributed by atoms with Crippen molar-refractivity contribution in [2.75, 3.05) is 6.54 Å². The zero-order chi connectivity index (χ0) is 9.68. The highest BCUT2D eigenvalue weighted by Gasteiger charge is 2.06. The van der Waals surface area contributed by atoms with Crippen LogP contribution in [0, 0.1) is 6.92 Å². The predicted octanol–water partition coefficient (Wildman–Crippen LogP) is -0.352. The van der Waals surface area contributed by atoms with Crippen molar-refractivity contribution in [3.8, 4) is 0 Å². The summed E-state index contributed by atoms with van der Waals surface area (Å²) in [5, 5.41) is 8.75. The Balaban J connectivity index is 0.000000132. The fraction of sp³-hybridized carbons (Fsp3) is 0.429. The van der Waals surface area contributed by atoms with Crippen LogP contribution in [0.1, 0.15) is 12.7 Å². The Labute approximate surface area is 75.5 Å². The number of aliphatic imine (C=N–C) groups is 1. The number of rotatable bonds is 0. The van der Waals surface area contributed by atoms with Gasteiger partial charge in [0.15, 0.2) is 0 Å². The van der Waals surface area contributed by atoms with Gasteiger partial charge < -0.3 is 5.32 Å². The summed E-state index contributed by atoms with van der Waals surface area (Å²) in [7, 11) is 0. The summed E-state index contributed by atoms with van der Waals surface area (Å²) in [4.78, 5) is 17.8. The molecule has 0 fully saturated rings. The minimum absolute atomic E-state index is 0.00231. The van der Waals surface area contributed by atoms with E-state index in [1.165, 1.54) is 6.33 Å². The third-order valence-corrected chi connectivity index (χ3v) is 1.32. The molecule has 2 rings (SSSR count). The Hall–Kier alpha value is -1.72. The van der Waals surface area contributed by atoms with Gasteiger partial charge in [-0.1, -0.05) is 0 Å². The van der Waals surface area contributed by atoms with E-state index in [1.807, 2.05) is 6.92 Å². The molecule has 1 aliphatic rings. The quantitative estimate of drug-likeness (QED) is 0.573. The highest BCUT2D eigenvalue weighted by molar-refractivity contribution is 6.02. The molecule has 0 aliphatic carbocycles. The molecule has 2 N–H and O–H groups in total. The monoisotopic (exact) mass is 181 g/mol. The highest BCUT2D eigenvalue weighted by Crippen LogP contribution is 1.82. The lowest BCUT2D eigenvalue weighted by molar-refractivity contribution is -0.117. The van der Waals surface area contributed by atoms with Crippen molar-refractivity contribution < 1.29 is 4.79 Å². The van der Waals surface area contributed by atoms with Gasteiger partial charge in [-0.25, -0.2) is 4.98 Å². The molecular weight excluding hydrogens is 170 g/mol. The second-order valence-corrected chi connectivity index (χ2v) is 2.52. The number of aromatic nitrogens is 3. The molecule has 1 aromatic heterocycles. The smallest absolute Gasteiger partial charge is 0.246 e. The summed E-state index contributed by atoms with van der Waals surface area (Å²) in [5.74, 6) is 1.58. The molecule has 70 valence electrons. The predicted molar refractivity (Wildman–Crippen MR) is 47.2 cm³/mol. The fourth-order valence-electron chi connectivity index (χ4n) is 0.738. The molecule has 2 heterocycles. The number of carbonyl (C=O) groups is 1.